The Labute approximate surface area is 161 Å². The minimum atomic E-state index is -5.66. The molecule has 30 heavy (non-hydrogen) atoms. The van der Waals surface area contributed by atoms with Crippen molar-refractivity contribution in [1.29, 1.82) is 0 Å². The summed E-state index contributed by atoms with van der Waals surface area (Å²) >= 11 is 0. The van der Waals surface area contributed by atoms with Gasteiger partial charge >= 0.3 is 30.5 Å². The van der Waals surface area contributed by atoms with Gasteiger partial charge < -0.3 is 14.8 Å². The van der Waals surface area contributed by atoms with Gasteiger partial charge in [-0.2, -0.15) is 39.5 Å². The standard InChI is InChI=1S/C16H10F9NO4/c1-13(2)29-11(27)7(12(28)30-13)5-26-10-8(15(20,21)22)3-6(14(17,18)19)4-9(10)16(23,24)25/h3-5,26H,1-2H3. The minimum Gasteiger partial charge on any atom is -0.419 e. The number of halogens is 9. The second kappa shape index (κ2) is 7.09. The molecular formula is C16H10F9NO4. The van der Waals surface area contributed by atoms with Crippen LogP contribution in [-0.4, -0.2) is 17.7 Å². The predicted molar refractivity (Wildman–Crippen MR) is 79.4 cm³/mol. The second-order valence-corrected chi connectivity index (χ2v) is 6.32. The van der Waals surface area contributed by atoms with Crippen molar-refractivity contribution in [3.8, 4) is 0 Å². The highest BCUT2D eigenvalue weighted by atomic mass is 19.4. The lowest BCUT2D eigenvalue weighted by Gasteiger charge is -2.29. The quantitative estimate of drug-likeness (QED) is 0.301. The monoisotopic (exact) mass is 451 g/mol. The summed E-state index contributed by atoms with van der Waals surface area (Å²) in [4.78, 5) is 23.5. The highest BCUT2D eigenvalue weighted by Crippen LogP contribution is 2.46. The van der Waals surface area contributed by atoms with Crippen LogP contribution in [-0.2, 0) is 37.6 Å². The van der Waals surface area contributed by atoms with Gasteiger partial charge in [-0.25, -0.2) is 9.59 Å². The first kappa shape index (κ1) is 23.3. The van der Waals surface area contributed by atoms with Crippen LogP contribution in [0.2, 0.25) is 0 Å². The molecular weight excluding hydrogens is 441 g/mol. The molecule has 5 nitrogen and oxygen atoms in total. The summed E-state index contributed by atoms with van der Waals surface area (Å²) in [6.07, 6.45) is -16.7. The number of rotatable bonds is 2. The van der Waals surface area contributed by atoms with Gasteiger partial charge in [0.25, 0.3) is 5.79 Å². The predicted octanol–water partition coefficient (Wildman–Crippen LogP) is 4.87. The van der Waals surface area contributed by atoms with E-state index in [-0.39, 0.29) is 6.20 Å². The molecule has 14 heteroatoms. The molecule has 0 aromatic heterocycles. The Morgan fingerprint density at radius 1 is 0.800 bits per heavy atom. The molecule has 0 amide bonds. The van der Waals surface area contributed by atoms with Crippen LogP contribution in [0.3, 0.4) is 0 Å². The van der Waals surface area contributed by atoms with Crippen LogP contribution < -0.4 is 5.32 Å². The lowest BCUT2D eigenvalue weighted by Crippen LogP contribution is -2.42. The van der Waals surface area contributed by atoms with Gasteiger partial charge in [-0.3, -0.25) is 0 Å². The van der Waals surface area contributed by atoms with Crippen LogP contribution in [0.5, 0.6) is 0 Å². The Hall–Kier alpha value is -2.93. The topological polar surface area (TPSA) is 64.6 Å². The largest absolute Gasteiger partial charge is 0.419 e. The van der Waals surface area contributed by atoms with Crippen LogP contribution in [0.1, 0.15) is 30.5 Å². The number of alkyl halides is 9. The van der Waals surface area contributed by atoms with E-state index in [4.69, 9.17) is 0 Å². The number of hydrogen-bond acceptors (Lipinski definition) is 5. The van der Waals surface area contributed by atoms with E-state index in [9.17, 15) is 49.1 Å². The molecule has 1 aliphatic heterocycles. The van der Waals surface area contributed by atoms with E-state index in [2.05, 4.69) is 9.47 Å². The maximum absolute atomic E-state index is 13.2. The molecule has 0 spiro atoms. The van der Waals surface area contributed by atoms with Gasteiger partial charge in [-0.1, -0.05) is 0 Å². The molecule has 1 saturated heterocycles. The van der Waals surface area contributed by atoms with E-state index in [1.165, 1.54) is 5.32 Å². The third-order valence-electron chi connectivity index (χ3n) is 3.55. The zero-order valence-corrected chi connectivity index (χ0v) is 14.8. The zero-order chi connectivity index (χ0) is 23.3. The number of carbonyl (C=O) groups is 2. The summed E-state index contributed by atoms with van der Waals surface area (Å²) in [5, 5.41) is 1.46. The normalized spacial score (nSPS) is 17.4. The van der Waals surface area contributed by atoms with Crippen LogP contribution in [0.4, 0.5) is 45.2 Å². The summed E-state index contributed by atoms with van der Waals surface area (Å²) in [5.41, 5.74) is -9.78. The molecule has 1 N–H and O–H groups in total. The van der Waals surface area contributed by atoms with Crippen LogP contribution in [0, 0.1) is 0 Å². The molecule has 1 aromatic carbocycles. The molecule has 1 heterocycles. The van der Waals surface area contributed by atoms with Crippen LogP contribution >= 0.6 is 0 Å². The summed E-state index contributed by atoms with van der Waals surface area (Å²) < 4.78 is 127. The minimum absolute atomic E-state index is 0.132. The average Bonchev–Trinajstić information content (AvgIpc) is 2.49. The van der Waals surface area contributed by atoms with Crippen molar-refractivity contribution in [1.82, 2.24) is 0 Å². The smallest absolute Gasteiger partial charge is 0.418 e. The van der Waals surface area contributed by atoms with Crippen molar-refractivity contribution in [3.63, 3.8) is 0 Å². The van der Waals surface area contributed by atoms with Crippen molar-refractivity contribution >= 4 is 17.6 Å². The Bertz CT molecular complexity index is 854. The molecule has 1 fully saturated rings. The van der Waals surface area contributed by atoms with E-state index in [1.54, 1.807) is 0 Å². The summed E-state index contributed by atoms with van der Waals surface area (Å²) in [5.74, 6) is -4.61. The fourth-order valence-corrected chi connectivity index (χ4v) is 2.33. The zero-order valence-electron chi connectivity index (χ0n) is 14.8. The van der Waals surface area contributed by atoms with E-state index < -0.39 is 76.3 Å². The average molecular weight is 451 g/mol. The van der Waals surface area contributed by atoms with Gasteiger partial charge in [0.2, 0.25) is 0 Å². The first-order valence-electron chi connectivity index (χ1n) is 7.66. The molecule has 1 aromatic rings. The van der Waals surface area contributed by atoms with E-state index >= 15 is 0 Å². The molecule has 0 bridgehead atoms. The van der Waals surface area contributed by atoms with E-state index in [1.807, 2.05) is 0 Å². The van der Waals surface area contributed by atoms with Crippen molar-refractivity contribution in [3.05, 3.63) is 40.6 Å². The summed E-state index contributed by atoms with van der Waals surface area (Å²) in [7, 11) is 0. The first-order chi connectivity index (χ1) is 13.3. The molecule has 2 rings (SSSR count). The Morgan fingerprint density at radius 2 is 1.20 bits per heavy atom. The van der Waals surface area contributed by atoms with Crippen molar-refractivity contribution in [2.24, 2.45) is 0 Å². The first-order valence-corrected chi connectivity index (χ1v) is 7.66. The number of benzene rings is 1. The highest BCUT2D eigenvalue weighted by molar-refractivity contribution is 6.15. The molecule has 0 atom stereocenters. The van der Waals surface area contributed by atoms with Gasteiger partial charge in [-0.05, 0) is 12.1 Å². The maximum atomic E-state index is 13.2. The fraction of sp³-hybridized carbons (Fsp3) is 0.375. The number of cyclic esters (lactones) is 2. The highest BCUT2D eigenvalue weighted by Gasteiger charge is 2.45. The molecule has 1 aliphatic rings. The third-order valence-corrected chi connectivity index (χ3v) is 3.55. The van der Waals surface area contributed by atoms with Crippen LogP contribution in [0.15, 0.2) is 23.9 Å². The lowest BCUT2D eigenvalue weighted by atomic mass is 10.0. The fourth-order valence-electron chi connectivity index (χ4n) is 2.33. The summed E-state index contributed by atoms with van der Waals surface area (Å²) in [6.45, 7) is 2.26. The Morgan fingerprint density at radius 3 is 1.53 bits per heavy atom. The van der Waals surface area contributed by atoms with Crippen molar-refractivity contribution < 1.29 is 58.6 Å². The number of anilines is 1. The van der Waals surface area contributed by atoms with Gasteiger partial charge in [-0.15, -0.1) is 0 Å². The van der Waals surface area contributed by atoms with Gasteiger partial charge in [0, 0.05) is 20.0 Å². The summed E-state index contributed by atoms with van der Waals surface area (Å²) in [6, 6.07) is -1.06. The Kier molecular flexibility index (Phi) is 5.52. The molecule has 0 aliphatic carbocycles. The number of carbonyl (C=O) groups excluding carboxylic acids is 2. The second-order valence-electron chi connectivity index (χ2n) is 6.32. The van der Waals surface area contributed by atoms with Gasteiger partial charge in [0.1, 0.15) is 0 Å². The Balaban J connectivity index is 2.66. The number of nitrogens with one attached hydrogen (secondary N) is 1. The maximum Gasteiger partial charge on any atom is 0.418 e. The number of esters is 2. The van der Waals surface area contributed by atoms with Crippen molar-refractivity contribution in [2.45, 2.75) is 38.2 Å². The molecule has 166 valence electrons. The third kappa shape index (κ3) is 4.97. The van der Waals surface area contributed by atoms with Gasteiger partial charge in [0.05, 0.1) is 22.4 Å². The van der Waals surface area contributed by atoms with E-state index in [0.29, 0.717) is 0 Å². The lowest BCUT2D eigenvalue weighted by molar-refractivity contribution is -0.222. The van der Waals surface area contributed by atoms with Gasteiger partial charge in [0.15, 0.2) is 5.57 Å². The molecule has 0 unspecified atom stereocenters. The number of ether oxygens (including phenoxy) is 2. The van der Waals surface area contributed by atoms with E-state index in [0.717, 1.165) is 13.8 Å². The molecule has 0 radical (unpaired) electrons. The number of hydrogen-bond donors (Lipinski definition) is 1. The van der Waals surface area contributed by atoms with Crippen LogP contribution in [0.25, 0.3) is 0 Å². The van der Waals surface area contributed by atoms with Crippen molar-refractivity contribution in [2.75, 3.05) is 5.32 Å². The molecule has 0 saturated carbocycles. The SMILES string of the molecule is CC1(C)OC(=O)C(=CNc2c(C(F)(F)F)cc(C(F)(F)F)cc2C(F)(F)F)C(=O)O1.